The molecule has 0 radical (unpaired) electrons. The number of hydrogen-bond donors (Lipinski definition) is 1. The average molecular weight is 387 g/mol. The Morgan fingerprint density at radius 1 is 1.12 bits per heavy atom. The lowest BCUT2D eigenvalue weighted by molar-refractivity contribution is 0.0951. The summed E-state index contributed by atoms with van der Waals surface area (Å²) in [6.45, 7) is 1.01. The van der Waals surface area contributed by atoms with Crippen LogP contribution in [0.1, 0.15) is 10.4 Å². The maximum atomic E-state index is 12.3. The van der Waals surface area contributed by atoms with Gasteiger partial charge < -0.3 is 5.32 Å². The highest BCUT2D eigenvalue weighted by Crippen LogP contribution is 2.07. The Hall–Kier alpha value is -2.67. The van der Waals surface area contributed by atoms with Gasteiger partial charge in [0.25, 0.3) is 11.5 Å². The molecule has 6 nitrogen and oxygen atoms in total. The normalized spacial score (nSPS) is 10.5. The Kier molecular flexibility index (Phi) is 4.90. The molecule has 0 aliphatic heterocycles. The number of halogens is 1. The third-order valence-electron chi connectivity index (χ3n) is 3.44. The van der Waals surface area contributed by atoms with E-state index < -0.39 is 0 Å². The second kappa shape index (κ2) is 7.27. The predicted molar refractivity (Wildman–Crippen MR) is 94.3 cm³/mol. The van der Waals surface area contributed by atoms with E-state index in [1.807, 2.05) is 36.5 Å². The van der Waals surface area contributed by atoms with E-state index in [4.69, 9.17) is 0 Å². The Balaban J connectivity index is 1.70. The number of nitrogens with one attached hydrogen (secondary N) is 1. The van der Waals surface area contributed by atoms with Crippen molar-refractivity contribution in [3.8, 4) is 5.69 Å². The molecule has 0 saturated carbocycles. The lowest BCUT2D eigenvalue weighted by atomic mass is 10.2. The second-order valence-corrected chi connectivity index (χ2v) is 6.05. The zero-order chi connectivity index (χ0) is 16.9. The van der Waals surface area contributed by atoms with Gasteiger partial charge >= 0.3 is 0 Å². The van der Waals surface area contributed by atoms with E-state index in [1.54, 1.807) is 17.1 Å². The summed E-state index contributed by atoms with van der Waals surface area (Å²) >= 11 is 3.32. The number of carbonyl (C=O) groups excluding carboxylic acids is 1. The minimum Gasteiger partial charge on any atom is -0.350 e. The van der Waals surface area contributed by atoms with Gasteiger partial charge in [-0.25, -0.2) is 0 Å². The van der Waals surface area contributed by atoms with Gasteiger partial charge in [0.1, 0.15) is 0 Å². The molecule has 0 bridgehead atoms. The maximum Gasteiger partial charge on any atom is 0.255 e. The molecule has 24 heavy (non-hydrogen) atoms. The highest BCUT2D eigenvalue weighted by atomic mass is 79.9. The van der Waals surface area contributed by atoms with Crippen LogP contribution >= 0.6 is 15.9 Å². The molecule has 0 aliphatic rings. The van der Waals surface area contributed by atoms with Gasteiger partial charge in [0.2, 0.25) is 0 Å². The molecule has 0 atom stereocenters. The topological polar surface area (TPSA) is 68.9 Å². The molecule has 7 heteroatoms. The number of para-hydroxylation sites is 1. The third-order valence-corrected chi connectivity index (χ3v) is 3.85. The highest BCUT2D eigenvalue weighted by molar-refractivity contribution is 9.10. The molecule has 1 N–H and O–H groups in total. The molecule has 0 aliphatic carbocycles. The van der Waals surface area contributed by atoms with Crippen LogP contribution in [0.2, 0.25) is 0 Å². The summed E-state index contributed by atoms with van der Waals surface area (Å²) in [7, 11) is 0. The van der Waals surface area contributed by atoms with Crippen LogP contribution in [0.4, 0.5) is 0 Å². The van der Waals surface area contributed by atoms with Gasteiger partial charge in [0, 0.05) is 30.7 Å². The number of rotatable bonds is 5. The fourth-order valence-corrected chi connectivity index (χ4v) is 2.59. The molecule has 3 rings (SSSR count). The molecule has 122 valence electrons. The number of pyridine rings is 1. The monoisotopic (exact) mass is 386 g/mol. The van der Waals surface area contributed by atoms with Crippen LogP contribution in [-0.2, 0) is 6.54 Å². The SMILES string of the molecule is O=C(NCCn1cc(Br)cn1)c1ccc(=O)n(-c2ccccc2)c1. The molecule has 0 fully saturated rings. The van der Waals surface area contributed by atoms with Crippen molar-refractivity contribution in [1.29, 1.82) is 0 Å². The van der Waals surface area contributed by atoms with Crippen molar-refractivity contribution in [3.63, 3.8) is 0 Å². The predicted octanol–water partition coefficient (Wildman–Crippen LogP) is 2.23. The van der Waals surface area contributed by atoms with E-state index in [1.165, 1.54) is 16.7 Å². The van der Waals surface area contributed by atoms with Gasteiger partial charge in [0.05, 0.1) is 22.8 Å². The van der Waals surface area contributed by atoms with E-state index in [0.717, 1.165) is 10.2 Å². The number of benzene rings is 1. The van der Waals surface area contributed by atoms with Crippen LogP contribution in [-0.4, -0.2) is 26.8 Å². The summed E-state index contributed by atoms with van der Waals surface area (Å²) in [5.41, 5.74) is 0.970. The van der Waals surface area contributed by atoms with Crippen LogP contribution in [0.3, 0.4) is 0 Å². The molecule has 1 aromatic carbocycles. The fourth-order valence-electron chi connectivity index (χ4n) is 2.26. The molecule has 3 aromatic rings. The first-order valence-electron chi connectivity index (χ1n) is 7.38. The summed E-state index contributed by atoms with van der Waals surface area (Å²) in [6, 6.07) is 12.1. The number of aromatic nitrogens is 3. The van der Waals surface area contributed by atoms with Crippen molar-refractivity contribution in [3.05, 3.63) is 81.4 Å². The summed E-state index contributed by atoms with van der Waals surface area (Å²) in [4.78, 5) is 24.3. The minimum atomic E-state index is -0.231. The lowest BCUT2D eigenvalue weighted by Crippen LogP contribution is -2.29. The van der Waals surface area contributed by atoms with Gasteiger partial charge in [0.15, 0.2) is 0 Å². The summed E-state index contributed by atoms with van der Waals surface area (Å²) in [6.07, 6.45) is 5.08. The number of nitrogens with zero attached hydrogens (tertiary/aromatic N) is 3. The van der Waals surface area contributed by atoms with Crippen LogP contribution in [0.25, 0.3) is 5.69 Å². The van der Waals surface area contributed by atoms with Gasteiger partial charge in [-0.05, 0) is 34.1 Å². The van der Waals surface area contributed by atoms with Crippen molar-refractivity contribution in [2.45, 2.75) is 6.54 Å². The van der Waals surface area contributed by atoms with Crippen LogP contribution < -0.4 is 10.9 Å². The number of amides is 1. The first-order chi connectivity index (χ1) is 11.6. The molecule has 2 heterocycles. The standard InChI is InChI=1S/C17H15BrN4O2/c18-14-10-20-21(12-14)9-8-19-17(24)13-6-7-16(23)22(11-13)15-4-2-1-3-5-15/h1-7,10-12H,8-9H2,(H,19,24). The smallest absolute Gasteiger partial charge is 0.255 e. The van der Waals surface area contributed by atoms with Gasteiger partial charge in [-0.15, -0.1) is 0 Å². The van der Waals surface area contributed by atoms with Crippen molar-refractivity contribution < 1.29 is 4.79 Å². The Labute approximate surface area is 146 Å². The van der Waals surface area contributed by atoms with Gasteiger partial charge in [-0.1, -0.05) is 18.2 Å². The largest absolute Gasteiger partial charge is 0.350 e. The van der Waals surface area contributed by atoms with E-state index >= 15 is 0 Å². The van der Waals surface area contributed by atoms with Crippen molar-refractivity contribution in [2.24, 2.45) is 0 Å². The summed E-state index contributed by atoms with van der Waals surface area (Å²) < 4.78 is 4.08. The summed E-state index contributed by atoms with van der Waals surface area (Å²) in [5.74, 6) is -0.231. The Morgan fingerprint density at radius 3 is 2.62 bits per heavy atom. The molecular formula is C17H15BrN4O2. The molecular weight excluding hydrogens is 372 g/mol. The first-order valence-corrected chi connectivity index (χ1v) is 8.17. The minimum absolute atomic E-state index is 0.181. The Morgan fingerprint density at radius 2 is 1.92 bits per heavy atom. The van der Waals surface area contributed by atoms with Crippen LogP contribution in [0, 0.1) is 0 Å². The molecule has 2 aromatic heterocycles. The van der Waals surface area contributed by atoms with E-state index in [-0.39, 0.29) is 11.5 Å². The van der Waals surface area contributed by atoms with E-state index in [9.17, 15) is 9.59 Å². The number of carbonyl (C=O) groups is 1. The fraction of sp³-hybridized carbons (Fsp3) is 0.118. The van der Waals surface area contributed by atoms with Crippen molar-refractivity contribution >= 4 is 21.8 Å². The lowest BCUT2D eigenvalue weighted by Gasteiger charge is -2.09. The first kappa shape index (κ1) is 16.2. The van der Waals surface area contributed by atoms with E-state index in [0.29, 0.717) is 18.7 Å². The zero-order valence-electron chi connectivity index (χ0n) is 12.7. The highest BCUT2D eigenvalue weighted by Gasteiger charge is 2.08. The maximum absolute atomic E-state index is 12.3. The zero-order valence-corrected chi connectivity index (χ0v) is 14.3. The Bertz CT molecular complexity index is 902. The van der Waals surface area contributed by atoms with Crippen LogP contribution in [0.5, 0.6) is 0 Å². The quantitative estimate of drug-likeness (QED) is 0.730. The molecule has 0 saturated heterocycles. The third kappa shape index (κ3) is 3.80. The summed E-state index contributed by atoms with van der Waals surface area (Å²) in [5, 5.41) is 6.95. The van der Waals surface area contributed by atoms with E-state index in [2.05, 4.69) is 26.3 Å². The van der Waals surface area contributed by atoms with Crippen molar-refractivity contribution in [2.75, 3.05) is 6.54 Å². The van der Waals surface area contributed by atoms with Crippen molar-refractivity contribution in [1.82, 2.24) is 19.7 Å². The molecule has 0 unspecified atom stereocenters. The van der Waals surface area contributed by atoms with Gasteiger partial charge in [-0.3, -0.25) is 18.8 Å². The number of hydrogen-bond acceptors (Lipinski definition) is 3. The molecule has 1 amide bonds. The average Bonchev–Trinajstić information content (AvgIpc) is 3.01. The molecule has 0 spiro atoms. The second-order valence-electron chi connectivity index (χ2n) is 5.14. The van der Waals surface area contributed by atoms with Crippen LogP contribution in [0.15, 0.2) is 70.3 Å². The van der Waals surface area contributed by atoms with Gasteiger partial charge in [-0.2, -0.15) is 5.10 Å².